The average Bonchev–Trinajstić information content (AvgIpc) is 2.91. The van der Waals surface area contributed by atoms with E-state index in [0.717, 1.165) is 23.1 Å². The Balaban J connectivity index is 2.17. The number of aliphatic hydroxyl groups is 1. The lowest BCUT2D eigenvalue weighted by Gasteiger charge is -2.20. The Bertz CT molecular complexity index is 976. The topological polar surface area (TPSA) is 47.3 Å². The van der Waals surface area contributed by atoms with Gasteiger partial charge in [0.2, 0.25) is 0 Å². The number of hydrogen-bond acceptors (Lipinski definition) is 3. The normalized spacial score (nSPS) is 13.8. The number of aryl methyl sites for hydroxylation is 2. The molecule has 2 atom stereocenters. The second-order valence-electron chi connectivity index (χ2n) is 6.68. The van der Waals surface area contributed by atoms with Crippen molar-refractivity contribution in [2.24, 2.45) is 7.05 Å². The van der Waals surface area contributed by atoms with Crippen molar-refractivity contribution in [2.75, 3.05) is 0 Å². The molecule has 0 saturated heterocycles. The lowest BCUT2D eigenvalue weighted by atomic mass is 9.91. The van der Waals surface area contributed by atoms with Gasteiger partial charge in [0.15, 0.2) is 5.75 Å². The quantitative estimate of drug-likeness (QED) is 0.505. The summed E-state index contributed by atoms with van der Waals surface area (Å²) in [5.74, 6) is 0.466. The van der Waals surface area contributed by atoms with Crippen LogP contribution in [0.25, 0.3) is 11.0 Å². The number of aromatic nitrogens is 2. The highest BCUT2D eigenvalue weighted by molar-refractivity contribution is 6.36. The van der Waals surface area contributed by atoms with E-state index in [1.165, 1.54) is 0 Å². The van der Waals surface area contributed by atoms with Gasteiger partial charge in [-0.1, -0.05) is 47.8 Å². The molecular formula is C20H21Cl3N2O2. The molecule has 1 aromatic heterocycles. The average molecular weight is 428 g/mol. The highest BCUT2D eigenvalue weighted by Gasteiger charge is 2.24. The lowest BCUT2D eigenvalue weighted by molar-refractivity contribution is 0.160. The summed E-state index contributed by atoms with van der Waals surface area (Å²) in [7, 11) is 1.86. The maximum absolute atomic E-state index is 10.2. The fourth-order valence-corrected chi connectivity index (χ4v) is 4.25. The number of halogens is 3. The molecule has 2 unspecified atom stereocenters. The van der Waals surface area contributed by atoms with Gasteiger partial charge in [0.25, 0.3) is 0 Å². The van der Waals surface area contributed by atoms with E-state index in [-0.39, 0.29) is 5.92 Å². The summed E-state index contributed by atoms with van der Waals surface area (Å²) in [6.07, 6.45) is 0.296. The molecule has 2 aromatic carbocycles. The van der Waals surface area contributed by atoms with Gasteiger partial charge in [0.05, 0.1) is 21.7 Å². The summed E-state index contributed by atoms with van der Waals surface area (Å²) in [5, 5.41) is 11.7. The number of aliphatic hydroxyl groups excluding tert-OH is 1. The molecule has 0 aliphatic rings. The van der Waals surface area contributed by atoms with Crippen LogP contribution < -0.4 is 4.74 Å². The Labute approximate surface area is 173 Å². The molecule has 0 bridgehead atoms. The van der Waals surface area contributed by atoms with Crippen molar-refractivity contribution in [1.29, 1.82) is 0 Å². The first-order chi connectivity index (χ1) is 12.7. The van der Waals surface area contributed by atoms with Crippen LogP contribution in [0, 0.1) is 6.92 Å². The summed E-state index contributed by atoms with van der Waals surface area (Å²) in [5.41, 5.74) is 3.26. The Hall–Kier alpha value is -1.46. The number of hydrogen-bond donors (Lipinski definition) is 1. The minimum Gasteiger partial charge on any atom is -0.424 e. The number of ether oxygens (including phenoxy) is 1. The van der Waals surface area contributed by atoms with Gasteiger partial charge in [-0.15, -0.1) is 0 Å². The van der Waals surface area contributed by atoms with E-state index >= 15 is 0 Å². The largest absolute Gasteiger partial charge is 0.424 e. The third-order valence-electron chi connectivity index (χ3n) is 4.77. The monoisotopic (exact) mass is 426 g/mol. The summed E-state index contributed by atoms with van der Waals surface area (Å²) in [4.78, 5) is 4.58. The molecule has 0 aliphatic heterocycles. The predicted octanol–water partition coefficient (Wildman–Crippen LogP) is 6.51. The molecule has 4 nitrogen and oxygen atoms in total. The minimum absolute atomic E-state index is 0.0335. The number of fused-ring (bicyclic) bond motifs is 1. The van der Waals surface area contributed by atoms with Crippen molar-refractivity contribution in [2.45, 2.75) is 39.2 Å². The zero-order chi connectivity index (χ0) is 19.9. The van der Waals surface area contributed by atoms with E-state index in [2.05, 4.69) is 4.98 Å². The molecule has 144 valence electrons. The minimum atomic E-state index is -0.494. The van der Waals surface area contributed by atoms with E-state index in [0.29, 0.717) is 32.3 Å². The third-order valence-corrected chi connectivity index (χ3v) is 5.58. The van der Waals surface area contributed by atoms with E-state index in [1.807, 2.05) is 37.6 Å². The van der Waals surface area contributed by atoms with Crippen LogP contribution in [0.3, 0.4) is 0 Å². The highest BCUT2D eigenvalue weighted by atomic mass is 35.5. The van der Waals surface area contributed by atoms with Gasteiger partial charge in [-0.3, -0.25) is 4.57 Å². The second kappa shape index (κ2) is 7.88. The zero-order valence-corrected chi connectivity index (χ0v) is 17.8. The molecule has 0 amide bonds. The zero-order valence-electron chi connectivity index (χ0n) is 15.6. The van der Waals surface area contributed by atoms with Crippen LogP contribution in [0.2, 0.25) is 15.1 Å². The first-order valence-electron chi connectivity index (χ1n) is 8.71. The molecule has 27 heavy (non-hydrogen) atoms. The van der Waals surface area contributed by atoms with Crippen molar-refractivity contribution < 1.29 is 9.84 Å². The van der Waals surface area contributed by atoms with Gasteiger partial charge in [-0.2, -0.15) is 4.98 Å². The Kier molecular flexibility index (Phi) is 5.92. The van der Waals surface area contributed by atoms with Crippen molar-refractivity contribution in [1.82, 2.24) is 9.55 Å². The van der Waals surface area contributed by atoms with Crippen LogP contribution >= 0.6 is 34.8 Å². The van der Waals surface area contributed by atoms with Gasteiger partial charge in [-0.05, 0) is 49.6 Å². The maximum Gasteiger partial charge on any atom is 0.302 e. The van der Waals surface area contributed by atoms with Crippen molar-refractivity contribution in [3.8, 4) is 11.8 Å². The molecule has 0 spiro atoms. The smallest absolute Gasteiger partial charge is 0.302 e. The predicted molar refractivity (Wildman–Crippen MR) is 112 cm³/mol. The summed E-state index contributed by atoms with van der Waals surface area (Å²) >= 11 is 18.7. The lowest BCUT2D eigenvalue weighted by Crippen LogP contribution is -2.15. The molecule has 1 N–H and O–H groups in total. The molecule has 0 radical (unpaired) electrons. The first-order valence-corrected chi connectivity index (χ1v) is 9.84. The van der Waals surface area contributed by atoms with Crippen LogP contribution in [0.5, 0.6) is 11.8 Å². The molecule has 0 saturated carbocycles. The van der Waals surface area contributed by atoms with Crippen molar-refractivity contribution >= 4 is 45.8 Å². The van der Waals surface area contributed by atoms with Crippen molar-refractivity contribution in [3.05, 3.63) is 50.5 Å². The van der Waals surface area contributed by atoms with E-state index in [4.69, 9.17) is 39.5 Å². The number of imidazole rings is 1. The SMILES string of the molecule is CCC(c1ccc(Cl)c2nc(Oc3c(C)cc(Cl)cc3Cl)n(C)c12)C(C)O. The van der Waals surface area contributed by atoms with Gasteiger partial charge in [0, 0.05) is 18.0 Å². The highest BCUT2D eigenvalue weighted by Crippen LogP contribution is 2.39. The number of benzene rings is 2. The van der Waals surface area contributed by atoms with Crippen LogP contribution in [0.15, 0.2) is 24.3 Å². The summed E-state index contributed by atoms with van der Waals surface area (Å²) < 4.78 is 7.87. The molecule has 7 heteroatoms. The maximum atomic E-state index is 10.2. The molecule has 3 aromatic rings. The van der Waals surface area contributed by atoms with E-state index in [1.54, 1.807) is 19.1 Å². The van der Waals surface area contributed by atoms with E-state index < -0.39 is 6.10 Å². The molecule has 3 rings (SSSR count). The summed E-state index contributed by atoms with van der Waals surface area (Å²) in [6.45, 7) is 5.70. The number of rotatable bonds is 5. The molecular weight excluding hydrogens is 407 g/mol. The van der Waals surface area contributed by atoms with Crippen LogP contribution in [-0.4, -0.2) is 20.8 Å². The van der Waals surface area contributed by atoms with Crippen molar-refractivity contribution in [3.63, 3.8) is 0 Å². The van der Waals surface area contributed by atoms with E-state index in [9.17, 15) is 5.11 Å². The number of nitrogens with zero attached hydrogens (tertiary/aromatic N) is 2. The Morgan fingerprint density at radius 1 is 1.19 bits per heavy atom. The molecule has 0 aliphatic carbocycles. The fourth-order valence-electron chi connectivity index (χ4n) is 3.42. The molecule has 1 heterocycles. The second-order valence-corrected chi connectivity index (χ2v) is 7.93. The summed E-state index contributed by atoms with van der Waals surface area (Å²) in [6, 6.07) is 7.53. The van der Waals surface area contributed by atoms with Gasteiger partial charge >= 0.3 is 6.01 Å². The van der Waals surface area contributed by atoms with Crippen LogP contribution in [-0.2, 0) is 7.05 Å². The van der Waals surface area contributed by atoms with Gasteiger partial charge < -0.3 is 9.84 Å². The Morgan fingerprint density at radius 3 is 2.48 bits per heavy atom. The van der Waals surface area contributed by atoms with Crippen LogP contribution in [0.1, 0.15) is 37.3 Å². The fraction of sp³-hybridized carbons (Fsp3) is 0.350. The first kappa shape index (κ1) is 20.3. The molecule has 0 fully saturated rings. The van der Waals surface area contributed by atoms with Gasteiger partial charge in [0.1, 0.15) is 5.52 Å². The standard InChI is InChI=1S/C20H21Cl3N2O2/c1-5-13(11(3)26)14-6-7-15(22)17-18(14)25(4)20(24-17)27-19-10(2)8-12(21)9-16(19)23/h6-9,11,13,26H,5H2,1-4H3. The van der Waals surface area contributed by atoms with Crippen LogP contribution in [0.4, 0.5) is 0 Å². The Morgan fingerprint density at radius 2 is 1.89 bits per heavy atom. The van der Waals surface area contributed by atoms with Gasteiger partial charge in [-0.25, -0.2) is 0 Å². The third kappa shape index (κ3) is 3.77.